The first kappa shape index (κ1) is 17.2. The summed E-state index contributed by atoms with van der Waals surface area (Å²) in [6.07, 6.45) is 1.53. The van der Waals surface area contributed by atoms with Gasteiger partial charge in [0.15, 0.2) is 0 Å². The predicted molar refractivity (Wildman–Crippen MR) is 101 cm³/mol. The summed E-state index contributed by atoms with van der Waals surface area (Å²) < 4.78 is 5.31. The summed E-state index contributed by atoms with van der Waals surface area (Å²) in [7, 11) is 1.59. The summed E-state index contributed by atoms with van der Waals surface area (Å²) in [6.45, 7) is 3.83. The van der Waals surface area contributed by atoms with E-state index in [1.165, 1.54) is 18.1 Å². The molecular weight excluding hydrogens is 334 g/mol. The van der Waals surface area contributed by atoms with Crippen molar-refractivity contribution >= 4 is 34.3 Å². The lowest BCUT2D eigenvalue weighted by molar-refractivity contribution is -0.115. The van der Waals surface area contributed by atoms with Crippen LogP contribution < -0.4 is 10.1 Å². The molecule has 0 fully saturated rings. The van der Waals surface area contributed by atoms with Gasteiger partial charge in [-0.25, -0.2) is 9.97 Å². The summed E-state index contributed by atoms with van der Waals surface area (Å²) in [5, 5.41) is 4.37. The Hall–Kier alpha value is -2.60. The van der Waals surface area contributed by atoms with Gasteiger partial charge in [0, 0.05) is 5.39 Å². The SMILES string of the molecule is COc1ccc(C)cc1NC(=O)C(C)Sc1ncnc2ccccc12. The largest absolute Gasteiger partial charge is 0.495 e. The third kappa shape index (κ3) is 3.91. The molecular formula is C19H19N3O2S. The highest BCUT2D eigenvalue weighted by molar-refractivity contribution is 8.00. The van der Waals surface area contributed by atoms with Gasteiger partial charge in [-0.05, 0) is 37.6 Å². The molecule has 0 spiro atoms. The summed E-state index contributed by atoms with van der Waals surface area (Å²) >= 11 is 1.41. The molecule has 1 atom stereocenters. The van der Waals surface area contributed by atoms with Crippen molar-refractivity contribution < 1.29 is 9.53 Å². The van der Waals surface area contributed by atoms with Crippen molar-refractivity contribution in [3.63, 3.8) is 0 Å². The molecule has 1 amide bonds. The van der Waals surface area contributed by atoms with E-state index in [2.05, 4.69) is 15.3 Å². The van der Waals surface area contributed by atoms with Gasteiger partial charge in [-0.3, -0.25) is 4.79 Å². The molecule has 3 rings (SSSR count). The quantitative estimate of drug-likeness (QED) is 0.553. The molecule has 128 valence electrons. The molecule has 1 aromatic heterocycles. The third-order valence-electron chi connectivity index (χ3n) is 3.78. The van der Waals surface area contributed by atoms with Crippen LogP contribution in [0.5, 0.6) is 5.75 Å². The molecule has 1 unspecified atom stereocenters. The van der Waals surface area contributed by atoms with Crippen molar-refractivity contribution in [3.05, 3.63) is 54.4 Å². The molecule has 1 heterocycles. The van der Waals surface area contributed by atoms with Gasteiger partial charge in [-0.2, -0.15) is 0 Å². The van der Waals surface area contributed by atoms with Crippen LogP contribution in [0.4, 0.5) is 5.69 Å². The Morgan fingerprint density at radius 3 is 2.80 bits per heavy atom. The molecule has 0 bridgehead atoms. The fraction of sp³-hybridized carbons (Fsp3) is 0.211. The van der Waals surface area contributed by atoms with Crippen molar-refractivity contribution in [1.82, 2.24) is 9.97 Å². The number of para-hydroxylation sites is 1. The number of ether oxygens (including phenoxy) is 1. The lowest BCUT2D eigenvalue weighted by Gasteiger charge is -2.15. The van der Waals surface area contributed by atoms with Gasteiger partial charge in [0.05, 0.1) is 23.6 Å². The minimum Gasteiger partial charge on any atom is -0.495 e. The van der Waals surface area contributed by atoms with Gasteiger partial charge in [0.25, 0.3) is 0 Å². The zero-order valence-corrected chi connectivity index (χ0v) is 15.1. The zero-order valence-electron chi connectivity index (χ0n) is 14.3. The fourth-order valence-corrected chi connectivity index (χ4v) is 3.36. The summed E-state index contributed by atoms with van der Waals surface area (Å²) in [4.78, 5) is 21.2. The van der Waals surface area contributed by atoms with Crippen LogP contribution in [0.3, 0.4) is 0 Å². The molecule has 6 heteroatoms. The Morgan fingerprint density at radius 1 is 1.20 bits per heavy atom. The van der Waals surface area contributed by atoms with E-state index in [4.69, 9.17) is 4.74 Å². The van der Waals surface area contributed by atoms with Gasteiger partial charge >= 0.3 is 0 Å². The van der Waals surface area contributed by atoms with E-state index in [9.17, 15) is 4.79 Å². The van der Waals surface area contributed by atoms with Crippen LogP contribution in [0.2, 0.25) is 0 Å². The first-order valence-electron chi connectivity index (χ1n) is 7.90. The van der Waals surface area contributed by atoms with Crippen LogP contribution in [0.25, 0.3) is 10.9 Å². The van der Waals surface area contributed by atoms with Crippen molar-refractivity contribution in [2.24, 2.45) is 0 Å². The Kier molecular flexibility index (Phi) is 5.19. The van der Waals surface area contributed by atoms with Gasteiger partial charge in [-0.15, -0.1) is 0 Å². The Morgan fingerprint density at radius 2 is 2.00 bits per heavy atom. The van der Waals surface area contributed by atoms with Gasteiger partial charge in [0.2, 0.25) is 5.91 Å². The molecule has 5 nitrogen and oxygen atoms in total. The monoisotopic (exact) mass is 353 g/mol. The van der Waals surface area contributed by atoms with E-state index in [-0.39, 0.29) is 11.2 Å². The average molecular weight is 353 g/mol. The van der Waals surface area contributed by atoms with E-state index >= 15 is 0 Å². The van der Waals surface area contributed by atoms with Crippen LogP contribution in [0.15, 0.2) is 53.8 Å². The molecule has 0 radical (unpaired) electrons. The number of methoxy groups -OCH3 is 1. The number of nitrogens with one attached hydrogen (secondary N) is 1. The highest BCUT2D eigenvalue weighted by atomic mass is 32.2. The summed E-state index contributed by atoms with van der Waals surface area (Å²) in [6, 6.07) is 13.5. The second-order valence-electron chi connectivity index (χ2n) is 5.65. The molecule has 0 saturated heterocycles. The van der Waals surface area contributed by atoms with Crippen LogP contribution in [0, 0.1) is 6.92 Å². The number of aromatic nitrogens is 2. The topological polar surface area (TPSA) is 64.1 Å². The second-order valence-corrected chi connectivity index (χ2v) is 6.98. The van der Waals surface area contributed by atoms with E-state index in [0.717, 1.165) is 21.5 Å². The van der Waals surface area contributed by atoms with Gasteiger partial charge < -0.3 is 10.1 Å². The summed E-state index contributed by atoms with van der Waals surface area (Å²) in [5.41, 5.74) is 2.60. The number of thioether (sulfide) groups is 1. The second kappa shape index (κ2) is 7.53. The van der Waals surface area contributed by atoms with Crippen molar-refractivity contribution in [3.8, 4) is 5.75 Å². The maximum Gasteiger partial charge on any atom is 0.237 e. The van der Waals surface area contributed by atoms with Crippen molar-refractivity contribution in [2.75, 3.05) is 12.4 Å². The molecule has 0 aliphatic heterocycles. The zero-order chi connectivity index (χ0) is 17.8. The third-order valence-corrected chi connectivity index (χ3v) is 4.89. The fourth-order valence-electron chi connectivity index (χ4n) is 2.45. The van der Waals surface area contributed by atoms with E-state index in [1.54, 1.807) is 7.11 Å². The van der Waals surface area contributed by atoms with Crippen LogP contribution in [0.1, 0.15) is 12.5 Å². The molecule has 0 aliphatic carbocycles. The first-order chi connectivity index (χ1) is 12.1. The number of benzene rings is 2. The number of carbonyl (C=O) groups excluding carboxylic acids is 1. The van der Waals surface area contributed by atoms with Gasteiger partial charge in [-0.1, -0.05) is 36.0 Å². The predicted octanol–water partition coefficient (Wildman–Crippen LogP) is 4.07. The van der Waals surface area contributed by atoms with Crippen LogP contribution in [-0.4, -0.2) is 28.2 Å². The maximum absolute atomic E-state index is 12.6. The minimum atomic E-state index is -0.316. The standard InChI is InChI=1S/C19H19N3O2S/c1-12-8-9-17(24-3)16(10-12)22-18(23)13(2)25-19-14-6-4-5-7-15(14)20-11-21-19/h4-11,13H,1-3H3,(H,22,23). The number of hydrogen-bond acceptors (Lipinski definition) is 5. The lowest BCUT2D eigenvalue weighted by Crippen LogP contribution is -2.23. The Balaban J connectivity index is 1.78. The maximum atomic E-state index is 12.6. The van der Waals surface area contributed by atoms with Crippen molar-refractivity contribution in [1.29, 1.82) is 0 Å². The van der Waals surface area contributed by atoms with Crippen LogP contribution >= 0.6 is 11.8 Å². The summed E-state index contributed by atoms with van der Waals surface area (Å²) in [5.74, 6) is 0.542. The molecule has 1 N–H and O–H groups in total. The normalized spacial score (nSPS) is 12.0. The number of hydrogen-bond donors (Lipinski definition) is 1. The number of carbonyl (C=O) groups is 1. The number of anilines is 1. The van der Waals surface area contributed by atoms with Crippen LogP contribution in [-0.2, 0) is 4.79 Å². The molecule has 2 aromatic carbocycles. The minimum absolute atomic E-state index is 0.100. The van der Waals surface area contributed by atoms with E-state index < -0.39 is 0 Å². The molecule has 0 aliphatic rings. The Labute approximate surface area is 150 Å². The number of amides is 1. The number of fused-ring (bicyclic) bond motifs is 1. The number of rotatable bonds is 5. The van der Waals surface area contributed by atoms with E-state index in [1.807, 2.05) is 56.3 Å². The Bertz CT molecular complexity index is 909. The molecule has 25 heavy (non-hydrogen) atoms. The molecule has 0 saturated carbocycles. The number of aryl methyl sites for hydroxylation is 1. The number of nitrogens with zero attached hydrogens (tertiary/aromatic N) is 2. The van der Waals surface area contributed by atoms with Gasteiger partial charge in [0.1, 0.15) is 17.1 Å². The first-order valence-corrected chi connectivity index (χ1v) is 8.78. The highest BCUT2D eigenvalue weighted by Crippen LogP contribution is 2.30. The van der Waals surface area contributed by atoms with E-state index in [0.29, 0.717) is 11.4 Å². The van der Waals surface area contributed by atoms with Crippen molar-refractivity contribution in [2.45, 2.75) is 24.1 Å². The lowest BCUT2D eigenvalue weighted by atomic mass is 10.2. The smallest absolute Gasteiger partial charge is 0.237 e. The molecule has 3 aromatic rings. The highest BCUT2D eigenvalue weighted by Gasteiger charge is 2.18. The average Bonchev–Trinajstić information content (AvgIpc) is 2.62.